The number of nitrogens with zero attached hydrogens (tertiary/aromatic N) is 6. The lowest BCUT2D eigenvalue weighted by molar-refractivity contribution is 0.133. The monoisotopic (exact) mass is 583 g/mol. The van der Waals surface area contributed by atoms with Crippen molar-refractivity contribution in [1.82, 2.24) is 28.5 Å². The van der Waals surface area contributed by atoms with Crippen LogP contribution < -0.4 is 10.1 Å². The summed E-state index contributed by atoms with van der Waals surface area (Å²) in [6.45, 7) is 4.32. The minimum absolute atomic E-state index is 0.126. The number of pyridine rings is 1. The third-order valence-electron chi connectivity index (χ3n) is 6.43. The maximum Gasteiger partial charge on any atom is 0.211 e. The first-order valence-electron chi connectivity index (χ1n) is 12.6. The molecule has 2 N–H and O–H groups in total. The Kier molecular flexibility index (Phi) is 7.69. The highest BCUT2D eigenvalue weighted by Crippen LogP contribution is 2.33. The molecule has 0 aliphatic rings. The molecule has 0 bridgehead atoms. The van der Waals surface area contributed by atoms with Gasteiger partial charge in [-0.05, 0) is 42.5 Å². The van der Waals surface area contributed by atoms with Crippen molar-refractivity contribution in [2.45, 2.75) is 20.4 Å². The van der Waals surface area contributed by atoms with Gasteiger partial charge >= 0.3 is 0 Å². The van der Waals surface area contributed by atoms with Crippen LogP contribution in [0.5, 0.6) is 11.5 Å². The molecule has 5 aromatic rings. The maximum absolute atomic E-state index is 12.4. The number of anilines is 2. The molecule has 0 amide bonds. The molecule has 210 valence electrons. The first-order chi connectivity index (χ1) is 19.0. The van der Waals surface area contributed by atoms with E-state index in [-0.39, 0.29) is 19.7 Å². The van der Waals surface area contributed by atoms with E-state index in [1.165, 1.54) is 16.9 Å². The summed E-state index contributed by atoms with van der Waals surface area (Å²) in [6.07, 6.45) is 7.98. The van der Waals surface area contributed by atoms with Gasteiger partial charge in [0.2, 0.25) is 10.0 Å². The minimum atomic E-state index is -3.48. The lowest BCUT2D eigenvalue weighted by atomic mass is 9.95. The third kappa shape index (κ3) is 6.20. The summed E-state index contributed by atoms with van der Waals surface area (Å²) in [6, 6.07) is 12.8. The molecule has 4 aromatic heterocycles. The topological polar surface area (TPSA) is 127 Å². The van der Waals surface area contributed by atoms with Gasteiger partial charge in [0.05, 0.1) is 28.5 Å². The summed E-state index contributed by atoms with van der Waals surface area (Å²) < 4.78 is 35.9. The number of aliphatic hydroxyl groups excluding tert-OH is 1. The lowest BCUT2D eigenvalue weighted by Gasteiger charge is -2.29. The van der Waals surface area contributed by atoms with E-state index in [1.807, 2.05) is 54.9 Å². The summed E-state index contributed by atoms with van der Waals surface area (Å²) in [7, 11) is -3.48. The molecule has 13 heteroatoms. The molecule has 0 aliphatic carbocycles. The van der Waals surface area contributed by atoms with Crippen LogP contribution in [-0.4, -0.2) is 67.9 Å². The zero-order chi connectivity index (χ0) is 28.5. The molecule has 1 aromatic carbocycles. The average molecular weight is 584 g/mol. The fourth-order valence-electron chi connectivity index (χ4n) is 4.30. The third-order valence-corrected chi connectivity index (χ3v) is 7.98. The number of benzene rings is 1. The highest BCUT2D eigenvalue weighted by atomic mass is 35.5. The summed E-state index contributed by atoms with van der Waals surface area (Å²) in [5.74, 6) is 1.63. The van der Waals surface area contributed by atoms with E-state index in [9.17, 15) is 13.5 Å². The fraction of sp³-hybridized carbons (Fsp3) is 0.296. The van der Waals surface area contributed by atoms with Crippen LogP contribution >= 0.6 is 11.6 Å². The van der Waals surface area contributed by atoms with E-state index in [1.54, 1.807) is 29.0 Å². The Morgan fingerprint density at radius 2 is 1.98 bits per heavy atom. The van der Waals surface area contributed by atoms with Gasteiger partial charge in [0.25, 0.3) is 0 Å². The molecule has 0 unspecified atom stereocenters. The van der Waals surface area contributed by atoms with Crippen LogP contribution in [0, 0.1) is 5.41 Å². The zero-order valence-electron chi connectivity index (χ0n) is 22.3. The first-order valence-corrected chi connectivity index (χ1v) is 14.8. The lowest BCUT2D eigenvalue weighted by Crippen LogP contribution is -2.41. The summed E-state index contributed by atoms with van der Waals surface area (Å²) in [4.78, 5) is 8.79. The van der Waals surface area contributed by atoms with Crippen LogP contribution in [0.2, 0.25) is 5.02 Å². The number of sulfonamides is 1. The Hall–Kier alpha value is -3.71. The molecular weight excluding hydrogens is 554 g/mol. The van der Waals surface area contributed by atoms with Gasteiger partial charge in [-0.2, -0.15) is 9.40 Å². The number of fused-ring (bicyclic) bond motifs is 2. The van der Waals surface area contributed by atoms with Crippen molar-refractivity contribution in [3.8, 4) is 11.5 Å². The number of nitrogens with one attached hydrogen (secondary N) is 1. The number of aliphatic hydroxyl groups is 1. The molecule has 0 aliphatic heterocycles. The van der Waals surface area contributed by atoms with Crippen LogP contribution in [0.1, 0.15) is 13.8 Å². The molecule has 0 atom stereocenters. The van der Waals surface area contributed by atoms with Crippen molar-refractivity contribution in [2.75, 3.05) is 31.3 Å². The van der Waals surface area contributed by atoms with Gasteiger partial charge in [-0.15, -0.1) is 0 Å². The number of hydrogen-bond donors (Lipinski definition) is 2. The second-order valence-electron chi connectivity index (χ2n) is 10.3. The Balaban J connectivity index is 1.35. The Labute approximate surface area is 237 Å². The van der Waals surface area contributed by atoms with Crippen molar-refractivity contribution in [3.63, 3.8) is 0 Å². The molecule has 0 saturated heterocycles. The molecule has 0 radical (unpaired) electrons. The smallest absolute Gasteiger partial charge is 0.211 e. The highest BCUT2D eigenvalue weighted by molar-refractivity contribution is 7.88. The second-order valence-corrected chi connectivity index (χ2v) is 12.7. The van der Waals surface area contributed by atoms with Gasteiger partial charge < -0.3 is 19.7 Å². The van der Waals surface area contributed by atoms with E-state index in [4.69, 9.17) is 16.3 Å². The number of ether oxygens (including phenoxy) is 1. The van der Waals surface area contributed by atoms with E-state index in [0.717, 1.165) is 11.0 Å². The fourth-order valence-corrected chi connectivity index (χ4v) is 5.52. The van der Waals surface area contributed by atoms with Crippen LogP contribution in [0.3, 0.4) is 0 Å². The maximum atomic E-state index is 12.4. The Bertz CT molecular complexity index is 1770. The van der Waals surface area contributed by atoms with Crippen molar-refractivity contribution in [3.05, 3.63) is 72.4 Å². The van der Waals surface area contributed by atoms with Crippen LogP contribution in [0.15, 0.2) is 67.4 Å². The number of hydrogen-bond acceptors (Lipinski definition) is 8. The highest BCUT2D eigenvalue weighted by Gasteiger charge is 2.26. The normalized spacial score (nSPS) is 12.4. The predicted molar refractivity (Wildman–Crippen MR) is 155 cm³/mol. The van der Waals surface area contributed by atoms with E-state index >= 15 is 0 Å². The summed E-state index contributed by atoms with van der Waals surface area (Å²) in [5, 5.41) is 17.6. The molecule has 40 heavy (non-hydrogen) atoms. The van der Waals surface area contributed by atoms with E-state index in [2.05, 4.69) is 20.4 Å². The van der Waals surface area contributed by atoms with Gasteiger partial charge in [-0.1, -0.05) is 25.4 Å². The van der Waals surface area contributed by atoms with Crippen LogP contribution in [-0.2, 0) is 16.6 Å². The average Bonchev–Trinajstić information content (AvgIpc) is 3.55. The SMILES string of the molecule is CC(C)(CO)CN(CCn1ccc2ncnc(Nc3ccc(Oc4ccc5ccnn5c4)c(Cl)c3)c21)S(C)(=O)=O. The molecule has 5 rings (SSSR count). The van der Waals surface area contributed by atoms with Gasteiger partial charge in [-0.3, -0.25) is 0 Å². The van der Waals surface area contributed by atoms with Gasteiger partial charge in [0.1, 0.15) is 23.3 Å². The first kappa shape index (κ1) is 27.8. The van der Waals surface area contributed by atoms with Crippen LogP contribution in [0.25, 0.3) is 16.6 Å². The second kappa shape index (κ2) is 11.0. The van der Waals surface area contributed by atoms with E-state index in [0.29, 0.717) is 40.1 Å². The number of rotatable bonds is 11. The van der Waals surface area contributed by atoms with Crippen molar-refractivity contribution in [2.24, 2.45) is 5.41 Å². The zero-order valence-corrected chi connectivity index (χ0v) is 23.9. The largest absolute Gasteiger partial charge is 0.454 e. The molecule has 4 heterocycles. The summed E-state index contributed by atoms with van der Waals surface area (Å²) in [5.41, 5.74) is 2.51. The number of aromatic nitrogens is 5. The van der Waals surface area contributed by atoms with Crippen molar-refractivity contribution >= 4 is 49.7 Å². The Morgan fingerprint density at radius 3 is 2.73 bits per heavy atom. The molecule has 0 fully saturated rings. The van der Waals surface area contributed by atoms with Crippen molar-refractivity contribution < 1.29 is 18.3 Å². The predicted octanol–water partition coefficient (Wildman–Crippen LogP) is 4.55. The molecule has 0 spiro atoms. The van der Waals surface area contributed by atoms with Gasteiger partial charge in [0.15, 0.2) is 5.82 Å². The number of halogens is 1. The van der Waals surface area contributed by atoms with Crippen LogP contribution in [0.4, 0.5) is 11.5 Å². The van der Waals surface area contributed by atoms with E-state index < -0.39 is 15.4 Å². The molecule has 0 saturated carbocycles. The minimum Gasteiger partial charge on any atom is -0.454 e. The van der Waals surface area contributed by atoms with Crippen molar-refractivity contribution in [1.29, 1.82) is 0 Å². The quantitative estimate of drug-likeness (QED) is 0.232. The molecule has 11 nitrogen and oxygen atoms in total. The Morgan fingerprint density at radius 1 is 1.15 bits per heavy atom. The molecular formula is C27H30ClN7O4S. The van der Waals surface area contributed by atoms with Gasteiger partial charge in [-0.25, -0.2) is 22.9 Å². The van der Waals surface area contributed by atoms with Gasteiger partial charge in [0, 0.05) is 49.7 Å². The summed E-state index contributed by atoms with van der Waals surface area (Å²) >= 11 is 6.56. The standard InChI is InChI=1S/C27H30ClN7O4S/c1-27(2,17-36)16-34(40(3,37)38)13-12-33-11-9-23-25(33)26(30-18-29-23)32-19-4-7-24(22(28)14-19)39-21-6-5-20-8-10-31-35(20)15-21/h4-11,14-15,18,36H,12-13,16-17H2,1-3H3,(H,29,30,32).